The molecule has 8 heteroatoms. The molecule has 2 aromatic heterocycles. The molecule has 2 heterocycles. The zero-order valence-electron chi connectivity index (χ0n) is 9.57. The van der Waals surface area contributed by atoms with Crippen molar-refractivity contribution in [2.75, 3.05) is 17.2 Å². The molecule has 0 unspecified atom stereocenters. The molecule has 6 N–H and O–H groups in total. The minimum Gasteiger partial charge on any atom is -0.396 e. The number of nitrogens with zero attached hydrogens (tertiary/aromatic N) is 2. The summed E-state index contributed by atoms with van der Waals surface area (Å²) in [6, 6.07) is 2.11. The highest BCUT2D eigenvalue weighted by Crippen LogP contribution is 2.33. The maximum absolute atomic E-state index is 12.4. The van der Waals surface area contributed by atoms with Crippen molar-refractivity contribution in [1.82, 2.24) is 9.97 Å². The van der Waals surface area contributed by atoms with E-state index in [-0.39, 0.29) is 22.9 Å². The lowest BCUT2D eigenvalue weighted by Crippen LogP contribution is -2.06. The molecular weight excluding hydrogens is 259 g/mol. The fourth-order valence-corrected chi connectivity index (χ4v) is 1.48. The summed E-state index contributed by atoms with van der Waals surface area (Å²) in [5.74, 6) is 0.0631. The SMILES string of the molecule is Nc1ncc(-c2ccc(C(F)(F)F)cn2)c(N)c1N. The first kappa shape index (κ1) is 12.9. The molecule has 0 fully saturated rings. The summed E-state index contributed by atoms with van der Waals surface area (Å²) in [6.07, 6.45) is -2.40. The molecule has 0 atom stereocenters. The zero-order valence-corrected chi connectivity index (χ0v) is 9.57. The molecule has 100 valence electrons. The first-order valence-electron chi connectivity index (χ1n) is 5.13. The van der Waals surface area contributed by atoms with Crippen molar-refractivity contribution in [2.24, 2.45) is 0 Å². The standard InChI is InChI=1S/C11H10F3N5/c12-11(13,14)5-1-2-7(18-3-5)6-4-19-10(17)9(16)8(6)15/h1-4H,16H2,(H4,15,17,19). The second kappa shape index (κ2) is 4.30. The average molecular weight is 269 g/mol. The molecule has 0 spiro atoms. The van der Waals surface area contributed by atoms with Crippen molar-refractivity contribution in [2.45, 2.75) is 6.18 Å². The van der Waals surface area contributed by atoms with E-state index in [9.17, 15) is 13.2 Å². The number of alkyl halides is 3. The van der Waals surface area contributed by atoms with Crippen LogP contribution in [0.15, 0.2) is 24.5 Å². The number of halogens is 3. The molecular formula is C11H10F3N5. The van der Waals surface area contributed by atoms with Crippen LogP contribution in [0.2, 0.25) is 0 Å². The van der Waals surface area contributed by atoms with Crippen molar-refractivity contribution in [1.29, 1.82) is 0 Å². The molecule has 0 aliphatic rings. The van der Waals surface area contributed by atoms with E-state index in [0.29, 0.717) is 5.56 Å². The second-order valence-electron chi connectivity index (χ2n) is 3.81. The van der Waals surface area contributed by atoms with Crippen molar-refractivity contribution in [3.63, 3.8) is 0 Å². The topological polar surface area (TPSA) is 104 Å². The van der Waals surface area contributed by atoms with Gasteiger partial charge in [-0.3, -0.25) is 4.98 Å². The lowest BCUT2D eigenvalue weighted by molar-refractivity contribution is -0.137. The van der Waals surface area contributed by atoms with Gasteiger partial charge in [0.15, 0.2) is 0 Å². The van der Waals surface area contributed by atoms with Gasteiger partial charge in [-0.25, -0.2) is 4.98 Å². The average Bonchev–Trinajstić information content (AvgIpc) is 2.35. The molecule has 2 rings (SSSR count). The van der Waals surface area contributed by atoms with E-state index in [1.54, 1.807) is 0 Å². The van der Waals surface area contributed by atoms with E-state index in [1.807, 2.05) is 0 Å². The highest BCUT2D eigenvalue weighted by atomic mass is 19.4. The largest absolute Gasteiger partial charge is 0.417 e. The van der Waals surface area contributed by atoms with Crippen LogP contribution in [0.1, 0.15) is 5.56 Å². The van der Waals surface area contributed by atoms with Gasteiger partial charge in [-0.1, -0.05) is 0 Å². The van der Waals surface area contributed by atoms with E-state index in [0.717, 1.165) is 12.3 Å². The van der Waals surface area contributed by atoms with E-state index in [1.165, 1.54) is 12.3 Å². The van der Waals surface area contributed by atoms with Gasteiger partial charge in [-0.2, -0.15) is 13.2 Å². The van der Waals surface area contributed by atoms with E-state index in [2.05, 4.69) is 9.97 Å². The van der Waals surface area contributed by atoms with Crippen LogP contribution >= 0.6 is 0 Å². The van der Waals surface area contributed by atoms with E-state index in [4.69, 9.17) is 17.2 Å². The van der Waals surface area contributed by atoms with E-state index >= 15 is 0 Å². The molecule has 2 aromatic rings. The van der Waals surface area contributed by atoms with Crippen molar-refractivity contribution in [3.05, 3.63) is 30.1 Å². The van der Waals surface area contributed by atoms with Crippen molar-refractivity contribution in [3.8, 4) is 11.3 Å². The number of pyridine rings is 2. The lowest BCUT2D eigenvalue weighted by Gasteiger charge is -2.10. The maximum atomic E-state index is 12.4. The highest BCUT2D eigenvalue weighted by molar-refractivity contribution is 5.87. The first-order chi connectivity index (χ1) is 8.80. The summed E-state index contributed by atoms with van der Waals surface area (Å²) in [4.78, 5) is 7.51. The van der Waals surface area contributed by atoms with Crippen LogP contribution in [-0.4, -0.2) is 9.97 Å². The van der Waals surface area contributed by atoms with Gasteiger partial charge in [0.1, 0.15) is 5.82 Å². The van der Waals surface area contributed by atoms with Gasteiger partial charge in [0, 0.05) is 18.0 Å². The molecule has 0 bridgehead atoms. The normalized spacial score (nSPS) is 11.5. The second-order valence-corrected chi connectivity index (χ2v) is 3.81. The summed E-state index contributed by atoms with van der Waals surface area (Å²) in [5, 5.41) is 0. The number of anilines is 3. The minimum atomic E-state index is -4.44. The number of nitrogens with two attached hydrogens (primary N) is 3. The predicted octanol–water partition coefficient (Wildman–Crippen LogP) is 1.91. The number of hydrogen-bond acceptors (Lipinski definition) is 5. The van der Waals surface area contributed by atoms with Crippen LogP contribution in [0.3, 0.4) is 0 Å². The Morgan fingerprint density at radius 3 is 2.11 bits per heavy atom. The number of nitrogen functional groups attached to an aromatic ring is 3. The summed E-state index contributed by atoms with van der Waals surface area (Å²) in [7, 11) is 0. The first-order valence-corrected chi connectivity index (χ1v) is 5.13. The third-order valence-electron chi connectivity index (χ3n) is 2.56. The fourth-order valence-electron chi connectivity index (χ4n) is 1.48. The van der Waals surface area contributed by atoms with Crippen LogP contribution in [0.5, 0.6) is 0 Å². The Labute approximate surface area is 106 Å². The Morgan fingerprint density at radius 2 is 1.58 bits per heavy atom. The molecule has 19 heavy (non-hydrogen) atoms. The molecule has 0 aliphatic carbocycles. The number of rotatable bonds is 1. The van der Waals surface area contributed by atoms with Crippen molar-refractivity contribution >= 4 is 17.2 Å². The van der Waals surface area contributed by atoms with Crippen LogP contribution in [0.25, 0.3) is 11.3 Å². The third-order valence-corrected chi connectivity index (χ3v) is 2.56. The van der Waals surface area contributed by atoms with Gasteiger partial charge in [0.05, 0.1) is 22.6 Å². The third kappa shape index (κ3) is 2.37. The van der Waals surface area contributed by atoms with Crippen molar-refractivity contribution < 1.29 is 13.2 Å². The number of hydrogen-bond donors (Lipinski definition) is 3. The van der Waals surface area contributed by atoms with Gasteiger partial charge in [0.25, 0.3) is 0 Å². The quantitative estimate of drug-likeness (QED) is 0.733. The summed E-state index contributed by atoms with van der Waals surface area (Å²) >= 11 is 0. The van der Waals surface area contributed by atoms with Gasteiger partial charge >= 0.3 is 6.18 Å². The fraction of sp³-hybridized carbons (Fsp3) is 0.0909. The zero-order chi connectivity index (χ0) is 14.2. The molecule has 0 amide bonds. The summed E-state index contributed by atoms with van der Waals surface area (Å²) in [5.41, 5.74) is 16.7. The minimum absolute atomic E-state index is 0.0631. The maximum Gasteiger partial charge on any atom is 0.417 e. The van der Waals surface area contributed by atoms with Crippen LogP contribution in [0, 0.1) is 0 Å². The summed E-state index contributed by atoms with van der Waals surface area (Å²) in [6.45, 7) is 0. The van der Waals surface area contributed by atoms with Gasteiger partial charge in [0.2, 0.25) is 0 Å². The van der Waals surface area contributed by atoms with E-state index < -0.39 is 11.7 Å². The number of aromatic nitrogens is 2. The Morgan fingerprint density at radius 1 is 0.895 bits per heavy atom. The predicted molar refractivity (Wildman–Crippen MR) is 65.7 cm³/mol. The Balaban J connectivity index is 2.46. The monoisotopic (exact) mass is 269 g/mol. The smallest absolute Gasteiger partial charge is 0.396 e. The summed E-state index contributed by atoms with van der Waals surface area (Å²) < 4.78 is 37.2. The highest BCUT2D eigenvalue weighted by Gasteiger charge is 2.30. The van der Waals surface area contributed by atoms with Crippen LogP contribution < -0.4 is 17.2 Å². The molecule has 0 saturated heterocycles. The molecule has 0 saturated carbocycles. The van der Waals surface area contributed by atoms with Gasteiger partial charge in [-0.15, -0.1) is 0 Å². The molecule has 0 aromatic carbocycles. The Hall–Kier alpha value is -2.51. The molecule has 0 radical (unpaired) electrons. The van der Waals surface area contributed by atoms with Gasteiger partial charge < -0.3 is 17.2 Å². The van der Waals surface area contributed by atoms with Crippen LogP contribution in [0.4, 0.5) is 30.4 Å². The molecule has 5 nitrogen and oxygen atoms in total. The van der Waals surface area contributed by atoms with Crippen LogP contribution in [-0.2, 0) is 6.18 Å². The Bertz CT molecular complexity index is 607. The Kier molecular flexibility index (Phi) is 2.93. The molecule has 0 aliphatic heterocycles. The van der Waals surface area contributed by atoms with Gasteiger partial charge in [-0.05, 0) is 12.1 Å². The lowest BCUT2D eigenvalue weighted by atomic mass is 10.1.